The van der Waals surface area contributed by atoms with Crippen molar-refractivity contribution in [3.8, 4) is 0 Å². The van der Waals surface area contributed by atoms with Crippen molar-refractivity contribution in [2.24, 2.45) is 10.7 Å². The molecule has 0 radical (unpaired) electrons. The monoisotopic (exact) mass is 365 g/mol. The van der Waals surface area contributed by atoms with Gasteiger partial charge in [-0.3, -0.25) is 9.79 Å². The number of hydrogen-bond acceptors (Lipinski definition) is 4. The Morgan fingerprint density at radius 1 is 1.27 bits per heavy atom. The van der Waals surface area contributed by atoms with Crippen molar-refractivity contribution in [2.45, 2.75) is 25.8 Å². The van der Waals surface area contributed by atoms with Gasteiger partial charge < -0.3 is 11.1 Å². The first-order chi connectivity index (χ1) is 12.4. The molecule has 0 saturated carbocycles. The summed E-state index contributed by atoms with van der Waals surface area (Å²) in [6, 6.07) is 15.8. The molecular formula is C21H23N3OS. The van der Waals surface area contributed by atoms with Gasteiger partial charge in [0.05, 0.1) is 5.54 Å². The molecule has 3 N–H and O–H groups in total. The second-order valence-electron chi connectivity index (χ2n) is 6.64. The molecule has 3 rings (SSSR count). The maximum atomic E-state index is 12.1. The SMILES string of the molecule is Cc1ccc(NC(=O)/C=C/c2cccc(C3(C)CCSC(N)=N3)c2)cc1. The van der Waals surface area contributed by atoms with Crippen LogP contribution in [0.4, 0.5) is 5.69 Å². The van der Waals surface area contributed by atoms with Crippen LogP contribution in [0.2, 0.25) is 0 Å². The van der Waals surface area contributed by atoms with Gasteiger partial charge >= 0.3 is 0 Å². The van der Waals surface area contributed by atoms with Gasteiger partial charge in [-0.2, -0.15) is 0 Å². The number of hydrogen-bond donors (Lipinski definition) is 2. The largest absolute Gasteiger partial charge is 0.379 e. The number of amides is 1. The van der Waals surface area contributed by atoms with Gasteiger partial charge in [-0.1, -0.05) is 47.7 Å². The van der Waals surface area contributed by atoms with Gasteiger partial charge in [0.2, 0.25) is 5.91 Å². The normalized spacial score (nSPS) is 20.0. The minimum absolute atomic E-state index is 0.151. The van der Waals surface area contributed by atoms with E-state index < -0.39 is 0 Å². The molecule has 0 fully saturated rings. The smallest absolute Gasteiger partial charge is 0.248 e. The minimum Gasteiger partial charge on any atom is -0.379 e. The number of amidine groups is 1. The number of aryl methyl sites for hydroxylation is 1. The van der Waals surface area contributed by atoms with E-state index in [0.29, 0.717) is 5.17 Å². The van der Waals surface area contributed by atoms with Crippen molar-refractivity contribution in [3.05, 3.63) is 71.3 Å². The van der Waals surface area contributed by atoms with Gasteiger partial charge in [0.1, 0.15) is 0 Å². The molecule has 2 aromatic carbocycles. The molecule has 134 valence electrons. The molecule has 1 aliphatic heterocycles. The highest BCUT2D eigenvalue weighted by Crippen LogP contribution is 2.35. The zero-order valence-electron chi connectivity index (χ0n) is 15.0. The predicted octanol–water partition coefficient (Wildman–Crippen LogP) is 4.31. The standard InChI is InChI=1S/C21H23N3OS/c1-15-6-9-18(10-7-15)23-19(25)11-8-16-4-3-5-17(14-16)21(2)12-13-26-20(22)24-21/h3-11,14H,12-13H2,1-2H3,(H2,22,24)(H,23,25)/b11-8+. The number of rotatable bonds is 4. The van der Waals surface area contributed by atoms with E-state index in [-0.39, 0.29) is 11.4 Å². The Bertz CT molecular complexity index is 858. The lowest BCUT2D eigenvalue weighted by Crippen LogP contribution is -2.28. The Morgan fingerprint density at radius 3 is 2.77 bits per heavy atom. The summed E-state index contributed by atoms with van der Waals surface area (Å²) >= 11 is 1.60. The number of benzene rings is 2. The fraction of sp³-hybridized carbons (Fsp3) is 0.238. The summed E-state index contributed by atoms with van der Waals surface area (Å²) < 4.78 is 0. The lowest BCUT2D eigenvalue weighted by molar-refractivity contribution is -0.111. The van der Waals surface area contributed by atoms with Crippen LogP contribution in [-0.2, 0) is 10.3 Å². The van der Waals surface area contributed by atoms with E-state index in [4.69, 9.17) is 5.73 Å². The Morgan fingerprint density at radius 2 is 2.04 bits per heavy atom. The molecule has 0 saturated heterocycles. The van der Waals surface area contributed by atoms with E-state index in [9.17, 15) is 4.79 Å². The summed E-state index contributed by atoms with van der Waals surface area (Å²) in [5.74, 6) is 0.812. The van der Waals surface area contributed by atoms with E-state index >= 15 is 0 Å². The first-order valence-corrected chi connectivity index (χ1v) is 9.58. The molecule has 4 nitrogen and oxygen atoms in total. The molecular weight excluding hydrogens is 342 g/mol. The number of nitrogens with two attached hydrogens (primary N) is 1. The van der Waals surface area contributed by atoms with Gasteiger partial charge in [0, 0.05) is 17.5 Å². The quantitative estimate of drug-likeness (QED) is 0.793. The molecule has 2 aromatic rings. The number of anilines is 1. The molecule has 0 aliphatic carbocycles. The molecule has 0 spiro atoms. The van der Waals surface area contributed by atoms with Crippen molar-refractivity contribution in [3.63, 3.8) is 0 Å². The van der Waals surface area contributed by atoms with Crippen LogP contribution >= 0.6 is 11.8 Å². The average molecular weight is 366 g/mol. The van der Waals surface area contributed by atoms with Crippen molar-refractivity contribution >= 4 is 34.6 Å². The number of carbonyl (C=O) groups is 1. The highest BCUT2D eigenvalue weighted by atomic mass is 32.2. The second-order valence-corrected chi connectivity index (χ2v) is 7.75. The van der Waals surface area contributed by atoms with E-state index in [1.54, 1.807) is 17.8 Å². The second kappa shape index (κ2) is 7.79. The number of aliphatic imine (C=N–C) groups is 1. The van der Waals surface area contributed by atoms with Crippen LogP contribution in [0.1, 0.15) is 30.0 Å². The number of nitrogens with one attached hydrogen (secondary N) is 1. The summed E-state index contributed by atoms with van der Waals surface area (Å²) in [6.07, 6.45) is 4.32. The molecule has 5 heteroatoms. The molecule has 0 bridgehead atoms. The summed E-state index contributed by atoms with van der Waals surface area (Å²) in [5, 5.41) is 3.50. The fourth-order valence-electron chi connectivity index (χ4n) is 2.86. The van der Waals surface area contributed by atoms with Crippen LogP contribution in [0.15, 0.2) is 59.6 Å². The van der Waals surface area contributed by atoms with Gasteiger partial charge in [-0.05, 0) is 55.7 Å². The fourth-order valence-corrected chi connectivity index (χ4v) is 3.84. The van der Waals surface area contributed by atoms with E-state index in [1.165, 1.54) is 0 Å². The molecule has 0 aromatic heterocycles. The molecule has 1 unspecified atom stereocenters. The first-order valence-electron chi connectivity index (χ1n) is 8.59. The Balaban J connectivity index is 1.72. The molecule has 1 atom stereocenters. The third-order valence-electron chi connectivity index (χ3n) is 4.45. The first kappa shape index (κ1) is 18.3. The zero-order chi connectivity index (χ0) is 18.6. The third-order valence-corrected chi connectivity index (χ3v) is 5.25. The van der Waals surface area contributed by atoms with E-state index in [2.05, 4.69) is 29.4 Å². The third kappa shape index (κ3) is 4.55. The lowest BCUT2D eigenvalue weighted by atomic mass is 9.89. The van der Waals surface area contributed by atoms with Crippen molar-refractivity contribution in [1.82, 2.24) is 0 Å². The predicted molar refractivity (Wildman–Crippen MR) is 111 cm³/mol. The van der Waals surface area contributed by atoms with Crippen LogP contribution < -0.4 is 11.1 Å². The zero-order valence-corrected chi connectivity index (χ0v) is 15.8. The van der Waals surface area contributed by atoms with Crippen molar-refractivity contribution < 1.29 is 4.79 Å². The summed E-state index contributed by atoms with van der Waals surface area (Å²) in [7, 11) is 0. The maximum absolute atomic E-state index is 12.1. The van der Waals surface area contributed by atoms with Crippen LogP contribution in [0.25, 0.3) is 6.08 Å². The molecule has 1 heterocycles. The molecule has 1 aliphatic rings. The summed E-state index contributed by atoms with van der Waals surface area (Å²) in [6.45, 7) is 4.12. The van der Waals surface area contributed by atoms with Crippen LogP contribution in [0.5, 0.6) is 0 Å². The van der Waals surface area contributed by atoms with Crippen LogP contribution in [-0.4, -0.2) is 16.8 Å². The van der Waals surface area contributed by atoms with Gasteiger partial charge in [-0.25, -0.2) is 0 Å². The van der Waals surface area contributed by atoms with E-state index in [0.717, 1.165) is 34.6 Å². The summed E-state index contributed by atoms with van der Waals surface area (Å²) in [5.41, 5.74) is 9.64. The Kier molecular flexibility index (Phi) is 5.47. The number of nitrogens with zero attached hydrogens (tertiary/aromatic N) is 1. The Hall–Kier alpha value is -2.53. The summed E-state index contributed by atoms with van der Waals surface area (Å²) in [4.78, 5) is 16.8. The van der Waals surface area contributed by atoms with Crippen molar-refractivity contribution in [1.29, 1.82) is 0 Å². The van der Waals surface area contributed by atoms with Crippen LogP contribution in [0.3, 0.4) is 0 Å². The van der Waals surface area contributed by atoms with Gasteiger partial charge in [0.15, 0.2) is 5.17 Å². The van der Waals surface area contributed by atoms with Gasteiger partial charge in [0.25, 0.3) is 0 Å². The lowest BCUT2D eigenvalue weighted by Gasteiger charge is -2.29. The highest BCUT2D eigenvalue weighted by molar-refractivity contribution is 8.13. The van der Waals surface area contributed by atoms with Crippen molar-refractivity contribution in [2.75, 3.05) is 11.1 Å². The van der Waals surface area contributed by atoms with Crippen LogP contribution in [0, 0.1) is 6.92 Å². The number of carbonyl (C=O) groups excluding carboxylic acids is 1. The molecule has 1 amide bonds. The topological polar surface area (TPSA) is 67.5 Å². The highest BCUT2D eigenvalue weighted by Gasteiger charge is 2.29. The number of thioether (sulfide) groups is 1. The average Bonchev–Trinajstić information content (AvgIpc) is 2.62. The van der Waals surface area contributed by atoms with Gasteiger partial charge in [-0.15, -0.1) is 0 Å². The van der Waals surface area contributed by atoms with E-state index in [1.807, 2.05) is 49.4 Å². The molecule has 26 heavy (non-hydrogen) atoms. The Labute approximate surface area is 158 Å². The maximum Gasteiger partial charge on any atom is 0.248 e. The minimum atomic E-state index is -0.302.